The number of hydrogen-bond acceptors (Lipinski definition) is 2. The monoisotopic (exact) mass is 187 g/mol. The molecule has 0 aliphatic carbocycles. The summed E-state index contributed by atoms with van der Waals surface area (Å²) in [6.07, 6.45) is 5.37. The van der Waals surface area contributed by atoms with Crippen molar-refractivity contribution in [2.24, 2.45) is 5.73 Å². The lowest BCUT2D eigenvalue weighted by Gasteiger charge is -2.06. The molecule has 0 bridgehead atoms. The summed E-state index contributed by atoms with van der Waals surface area (Å²) in [4.78, 5) is 11.6. The van der Waals surface area contributed by atoms with Crippen molar-refractivity contribution in [1.29, 1.82) is 0 Å². The van der Waals surface area contributed by atoms with Gasteiger partial charge in [0.2, 0.25) is 0 Å². The lowest BCUT2D eigenvalue weighted by molar-refractivity contribution is 0.0963. The Labute approximate surface area is 84.1 Å². The molecule has 0 spiro atoms. The topological polar surface area (TPSA) is 43.1 Å². The normalized spacial score (nSPS) is 11.8. The molecule has 2 N–H and O–H groups in total. The molecule has 0 saturated heterocycles. The van der Waals surface area contributed by atoms with Crippen molar-refractivity contribution in [2.75, 3.05) is 0 Å². The molecule has 0 aromatic heterocycles. The van der Waals surface area contributed by atoms with Crippen LogP contribution in [-0.4, -0.2) is 11.8 Å². The van der Waals surface area contributed by atoms with E-state index in [-0.39, 0.29) is 12.2 Å². The summed E-state index contributed by atoms with van der Waals surface area (Å²) in [6, 6.07) is 6.73. The fourth-order valence-corrected chi connectivity index (χ4v) is 1.15. The van der Waals surface area contributed by atoms with Crippen LogP contribution in [-0.2, 0) is 0 Å². The van der Waals surface area contributed by atoms with E-state index >= 15 is 0 Å². The van der Waals surface area contributed by atoms with Gasteiger partial charge in [-0.25, -0.2) is 0 Å². The van der Waals surface area contributed by atoms with Crippen LogP contribution in [0.2, 0.25) is 0 Å². The number of carbonyl (C=O) groups excluding carboxylic acids is 1. The second-order valence-electron chi connectivity index (χ2n) is 3.25. The summed E-state index contributed by atoms with van der Waals surface area (Å²) in [6.45, 7) is 1.97. The number of terminal acetylenes is 1. The molecule has 0 heterocycles. The number of aryl methyl sites for hydroxylation is 1. The molecule has 1 aromatic rings. The van der Waals surface area contributed by atoms with Gasteiger partial charge in [0.05, 0.1) is 6.04 Å². The predicted octanol–water partition coefficient (Wildman–Crippen LogP) is 1.53. The van der Waals surface area contributed by atoms with E-state index in [2.05, 4.69) is 5.92 Å². The van der Waals surface area contributed by atoms with Crippen LogP contribution in [0.1, 0.15) is 22.3 Å². The first-order valence-corrected chi connectivity index (χ1v) is 4.45. The molecule has 0 radical (unpaired) electrons. The number of hydrogen-bond donors (Lipinski definition) is 1. The van der Waals surface area contributed by atoms with Crippen LogP contribution in [0.15, 0.2) is 24.3 Å². The van der Waals surface area contributed by atoms with Gasteiger partial charge in [-0.2, -0.15) is 0 Å². The molecule has 14 heavy (non-hydrogen) atoms. The molecule has 0 aliphatic heterocycles. The zero-order chi connectivity index (χ0) is 10.6. The van der Waals surface area contributed by atoms with Crippen molar-refractivity contribution < 1.29 is 4.79 Å². The molecule has 1 unspecified atom stereocenters. The quantitative estimate of drug-likeness (QED) is 0.576. The highest BCUT2D eigenvalue weighted by molar-refractivity contribution is 6.00. The molecule has 1 atom stereocenters. The zero-order valence-electron chi connectivity index (χ0n) is 8.16. The van der Waals surface area contributed by atoms with Gasteiger partial charge in [0.25, 0.3) is 0 Å². The number of benzene rings is 1. The van der Waals surface area contributed by atoms with E-state index in [1.807, 2.05) is 19.1 Å². The molecule has 1 rings (SSSR count). The number of Topliss-reactive ketones (excluding diaryl/α,β-unsaturated/α-hetero) is 1. The third-order valence-corrected chi connectivity index (χ3v) is 2.01. The van der Waals surface area contributed by atoms with Gasteiger partial charge in [0.1, 0.15) is 0 Å². The van der Waals surface area contributed by atoms with E-state index in [9.17, 15) is 4.79 Å². The molecule has 2 heteroatoms. The maximum absolute atomic E-state index is 11.6. The minimum absolute atomic E-state index is 0.0945. The molecular formula is C12H13NO. The Bertz CT molecular complexity index is 359. The number of nitrogens with two attached hydrogens (primary N) is 1. The highest BCUT2D eigenvalue weighted by Crippen LogP contribution is 2.06. The molecule has 0 aliphatic rings. The van der Waals surface area contributed by atoms with Crippen molar-refractivity contribution in [3.63, 3.8) is 0 Å². The van der Waals surface area contributed by atoms with Gasteiger partial charge in [-0.15, -0.1) is 12.3 Å². The maximum atomic E-state index is 11.6. The second kappa shape index (κ2) is 4.59. The fraction of sp³-hybridized carbons (Fsp3) is 0.250. The van der Waals surface area contributed by atoms with Crippen molar-refractivity contribution in [3.8, 4) is 12.3 Å². The van der Waals surface area contributed by atoms with Crippen molar-refractivity contribution in [3.05, 3.63) is 35.4 Å². The molecule has 1 aromatic carbocycles. The van der Waals surface area contributed by atoms with Gasteiger partial charge >= 0.3 is 0 Å². The minimum atomic E-state index is -0.581. The van der Waals surface area contributed by atoms with E-state index in [4.69, 9.17) is 12.2 Å². The van der Waals surface area contributed by atoms with E-state index in [1.165, 1.54) is 0 Å². The van der Waals surface area contributed by atoms with Gasteiger partial charge in [0.15, 0.2) is 5.78 Å². The van der Waals surface area contributed by atoms with Crippen LogP contribution in [0.4, 0.5) is 0 Å². The standard InChI is InChI=1S/C12H13NO/c1-3-4-11(13)12(14)10-7-5-9(2)6-8-10/h1,5-8,11H,4,13H2,2H3. The number of carbonyl (C=O) groups is 1. The molecule has 2 nitrogen and oxygen atoms in total. The zero-order valence-corrected chi connectivity index (χ0v) is 8.16. The van der Waals surface area contributed by atoms with Crippen LogP contribution in [0, 0.1) is 19.3 Å². The van der Waals surface area contributed by atoms with Crippen LogP contribution in [0.25, 0.3) is 0 Å². The summed E-state index contributed by atoms with van der Waals surface area (Å²) in [7, 11) is 0. The third kappa shape index (κ3) is 2.45. The summed E-state index contributed by atoms with van der Waals surface area (Å²) in [5.74, 6) is 2.29. The molecule has 72 valence electrons. The lowest BCUT2D eigenvalue weighted by Crippen LogP contribution is -2.29. The Balaban J connectivity index is 2.80. The second-order valence-corrected chi connectivity index (χ2v) is 3.25. The smallest absolute Gasteiger partial charge is 0.180 e. The Morgan fingerprint density at radius 3 is 2.57 bits per heavy atom. The Morgan fingerprint density at radius 2 is 2.07 bits per heavy atom. The predicted molar refractivity (Wildman–Crippen MR) is 56.9 cm³/mol. The Morgan fingerprint density at radius 1 is 1.50 bits per heavy atom. The summed E-state index contributed by atoms with van der Waals surface area (Å²) >= 11 is 0. The SMILES string of the molecule is C#CCC(N)C(=O)c1ccc(C)cc1. The van der Waals surface area contributed by atoms with Crippen LogP contribution >= 0.6 is 0 Å². The number of ketones is 1. The summed E-state index contributed by atoms with van der Waals surface area (Å²) < 4.78 is 0. The van der Waals surface area contributed by atoms with Crippen molar-refractivity contribution in [1.82, 2.24) is 0 Å². The van der Waals surface area contributed by atoms with E-state index in [0.717, 1.165) is 5.56 Å². The maximum Gasteiger partial charge on any atom is 0.180 e. The Kier molecular flexibility index (Phi) is 3.44. The average molecular weight is 187 g/mol. The Hall–Kier alpha value is -1.59. The summed E-state index contributed by atoms with van der Waals surface area (Å²) in [5, 5.41) is 0. The first-order valence-electron chi connectivity index (χ1n) is 4.45. The lowest BCUT2D eigenvalue weighted by atomic mass is 10.0. The number of rotatable bonds is 3. The van der Waals surface area contributed by atoms with Gasteiger partial charge in [-0.05, 0) is 6.92 Å². The van der Waals surface area contributed by atoms with Gasteiger partial charge in [0, 0.05) is 12.0 Å². The van der Waals surface area contributed by atoms with Crippen LogP contribution in [0.3, 0.4) is 0 Å². The largest absolute Gasteiger partial charge is 0.320 e. The van der Waals surface area contributed by atoms with Gasteiger partial charge in [-0.3, -0.25) is 4.79 Å². The van der Waals surface area contributed by atoms with Crippen LogP contribution < -0.4 is 5.73 Å². The first-order chi connectivity index (χ1) is 6.65. The molecule has 0 saturated carbocycles. The van der Waals surface area contributed by atoms with Gasteiger partial charge < -0.3 is 5.73 Å². The van der Waals surface area contributed by atoms with Crippen molar-refractivity contribution in [2.45, 2.75) is 19.4 Å². The summed E-state index contributed by atoms with van der Waals surface area (Å²) in [5.41, 5.74) is 7.35. The van der Waals surface area contributed by atoms with Gasteiger partial charge in [-0.1, -0.05) is 29.8 Å². The highest BCUT2D eigenvalue weighted by Gasteiger charge is 2.13. The minimum Gasteiger partial charge on any atom is -0.320 e. The highest BCUT2D eigenvalue weighted by atomic mass is 16.1. The molecule has 0 amide bonds. The van der Waals surface area contributed by atoms with E-state index in [1.54, 1.807) is 12.1 Å². The third-order valence-electron chi connectivity index (χ3n) is 2.01. The van der Waals surface area contributed by atoms with E-state index in [0.29, 0.717) is 5.56 Å². The molecule has 0 fully saturated rings. The van der Waals surface area contributed by atoms with Crippen molar-refractivity contribution >= 4 is 5.78 Å². The first kappa shape index (κ1) is 10.5. The van der Waals surface area contributed by atoms with E-state index < -0.39 is 6.04 Å². The average Bonchev–Trinajstić information content (AvgIpc) is 2.18. The van der Waals surface area contributed by atoms with Crippen LogP contribution in [0.5, 0.6) is 0 Å². The fourth-order valence-electron chi connectivity index (χ4n) is 1.15. The molecular weight excluding hydrogens is 174 g/mol.